The van der Waals surface area contributed by atoms with E-state index < -0.39 is 10.0 Å². The van der Waals surface area contributed by atoms with Crippen LogP contribution in [0.3, 0.4) is 0 Å². The van der Waals surface area contributed by atoms with E-state index in [2.05, 4.69) is 4.98 Å². The SMILES string of the molecule is C[C@H]1CN(S(=O)(=O)c2cccnc2)c2cccc(Cl)c2O1. The van der Waals surface area contributed by atoms with E-state index in [0.717, 1.165) is 0 Å². The normalized spacial score (nSPS) is 18.0. The lowest BCUT2D eigenvalue weighted by atomic mass is 10.2. The van der Waals surface area contributed by atoms with Crippen molar-refractivity contribution in [2.24, 2.45) is 0 Å². The highest BCUT2D eigenvalue weighted by Gasteiger charge is 2.33. The van der Waals surface area contributed by atoms with Gasteiger partial charge in [0.2, 0.25) is 0 Å². The zero-order valence-corrected chi connectivity index (χ0v) is 12.8. The van der Waals surface area contributed by atoms with Gasteiger partial charge in [0, 0.05) is 12.4 Å². The molecule has 5 nitrogen and oxygen atoms in total. The number of sulfonamides is 1. The topological polar surface area (TPSA) is 59.5 Å². The maximum Gasteiger partial charge on any atom is 0.266 e. The van der Waals surface area contributed by atoms with Crippen LogP contribution in [0.2, 0.25) is 5.02 Å². The average molecular weight is 325 g/mol. The van der Waals surface area contributed by atoms with Crippen molar-refractivity contribution in [2.45, 2.75) is 17.9 Å². The molecule has 0 radical (unpaired) electrons. The summed E-state index contributed by atoms with van der Waals surface area (Å²) in [6.45, 7) is 2.03. The van der Waals surface area contributed by atoms with Gasteiger partial charge in [-0.2, -0.15) is 0 Å². The second kappa shape index (κ2) is 5.20. The fraction of sp³-hybridized carbons (Fsp3) is 0.214. The summed E-state index contributed by atoms with van der Waals surface area (Å²) in [7, 11) is -3.69. The van der Waals surface area contributed by atoms with Gasteiger partial charge in [-0.3, -0.25) is 9.29 Å². The van der Waals surface area contributed by atoms with Crippen LogP contribution in [-0.2, 0) is 10.0 Å². The number of fused-ring (bicyclic) bond motifs is 1. The van der Waals surface area contributed by atoms with Gasteiger partial charge in [-0.1, -0.05) is 17.7 Å². The second-order valence-corrected chi connectivity index (χ2v) is 7.01. The zero-order chi connectivity index (χ0) is 15.0. The predicted molar refractivity (Wildman–Crippen MR) is 80.3 cm³/mol. The number of hydrogen-bond acceptors (Lipinski definition) is 4. The van der Waals surface area contributed by atoms with Gasteiger partial charge in [0.05, 0.1) is 17.3 Å². The van der Waals surface area contributed by atoms with Gasteiger partial charge in [0.1, 0.15) is 11.0 Å². The molecule has 0 amide bonds. The first-order chi connectivity index (χ1) is 10.00. The third-order valence-corrected chi connectivity index (χ3v) is 5.24. The Hall–Kier alpha value is -1.79. The van der Waals surface area contributed by atoms with Crippen molar-refractivity contribution in [1.82, 2.24) is 4.98 Å². The van der Waals surface area contributed by atoms with Crippen molar-refractivity contribution in [3.63, 3.8) is 0 Å². The molecule has 21 heavy (non-hydrogen) atoms. The Morgan fingerprint density at radius 2 is 2.14 bits per heavy atom. The molecule has 0 N–H and O–H groups in total. The molecule has 1 aliphatic heterocycles. The van der Waals surface area contributed by atoms with Crippen molar-refractivity contribution in [1.29, 1.82) is 0 Å². The highest BCUT2D eigenvalue weighted by atomic mass is 35.5. The Morgan fingerprint density at radius 1 is 1.33 bits per heavy atom. The summed E-state index contributed by atoms with van der Waals surface area (Å²) in [5, 5.41) is 0.394. The van der Waals surface area contributed by atoms with E-state index in [4.69, 9.17) is 16.3 Å². The molecule has 0 fully saturated rings. The molecule has 2 aromatic rings. The molecule has 0 unspecified atom stereocenters. The number of pyridine rings is 1. The summed E-state index contributed by atoms with van der Waals surface area (Å²) >= 11 is 6.11. The third kappa shape index (κ3) is 2.45. The van der Waals surface area contributed by atoms with Crippen LogP contribution in [0.25, 0.3) is 0 Å². The summed E-state index contributed by atoms with van der Waals surface area (Å²) in [4.78, 5) is 4.02. The molecular weight excluding hydrogens is 312 g/mol. The first-order valence-corrected chi connectivity index (χ1v) is 8.20. The number of halogens is 1. The van der Waals surface area contributed by atoms with E-state index in [1.165, 1.54) is 22.8 Å². The number of aromatic nitrogens is 1. The molecule has 0 spiro atoms. The molecule has 1 aromatic carbocycles. The van der Waals surface area contributed by atoms with Crippen molar-refractivity contribution < 1.29 is 13.2 Å². The lowest BCUT2D eigenvalue weighted by molar-refractivity contribution is 0.220. The van der Waals surface area contributed by atoms with Gasteiger partial charge in [-0.05, 0) is 31.2 Å². The highest BCUT2D eigenvalue weighted by Crippen LogP contribution is 2.41. The number of rotatable bonds is 2. The number of hydrogen-bond donors (Lipinski definition) is 0. The standard InChI is InChI=1S/C14H13ClN2O3S/c1-10-9-17(13-6-2-5-12(15)14(13)20-10)21(18,19)11-4-3-7-16-8-11/h2-8,10H,9H2,1H3/t10-/m0/s1. The minimum atomic E-state index is -3.69. The summed E-state index contributed by atoms with van der Waals surface area (Å²) in [5.74, 6) is 0.394. The van der Waals surface area contributed by atoms with Crippen LogP contribution in [0.1, 0.15) is 6.92 Å². The summed E-state index contributed by atoms with van der Waals surface area (Å²) in [6.07, 6.45) is 2.58. The van der Waals surface area contributed by atoms with Crippen molar-refractivity contribution in [3.8, 4) is 5.75 Å². The smallest absolute Gasteiger partial charge is 0.266 e. The molecular formula is C14H13ClN2O3S. The number of para-hydroxylation sites is 1. The number of nitrogens with zero attached hydrogens (tertiary/aromatic N) is 2. The van der Waals surface area contributed by atoms with E-state index in [1.54, 1.807) is 31.2 Å². The van der Waals surface area contributed by atoms with Crippen molar-refractivity contribution in [2.75, 3.05) is 10.8 Å². The Balaban J connectivity index is 2.14. The second-order valence-electron chi connectivity index (χ2n) is 4.74. The molecule has 1 aliphatic rings. The van der Waals surface area contributed by atoms with Crippen LogP contribution in [0.5, 0.6) is 5.75 Å². The summed E-state index contributed by atoms with van der Waals surface area (Å²) in [5.41, 5.74) is 0.449. The molecule has 1 atom stereocenters. The Morgan fingerprint density at radius 3 is 2.86 bits per heavy atom. The maximum absolute atomic E-state index is 12.8. The molecule has 7 heteroatoms. The lowest BCUT2D eigenvalue weighted by Gasteiger charge is -2.34. The van der Waals surface area contributed by atoms with Crippen LogP contribution >= 0.6 is 11.6 Å². The minimum absolute atomic E-state index is 0.144. The Labute approximate surface area is 128 Å². The summed E-state index contributed by atoms with van der Waals surface area (Å²) < 4.78 is 32.6. The zero-order valence-electron chi connectivity index (χ0n) is 11.2. The first kappa shape index (κ1) is 14.2. The van der Waals surface area contributed by atoms with Gasteiger partial charge < -0.3 is 4.74 Å². The van der Waals surface area contributed by atoms with Crippen LogP contribution in [0, 0.1) is 0 Å². The highest BCUT2D eigenvalue weighted by molar-refractivity contribution is 7.92. The monoisotopic (exact) mass is 324 g/mol. The predicted octanol–water partition coefficient (Wildman–Crippen LogP) is 2.71. The van der Waals surface area contributed by atoms with Crippen LogP contribution in [-0.4, -0.2) is 26.1 Å². The van der Waals surface area contributed by atoms with Crippen LogP contribution in [0.15, 0.2) is 47.6 Å². The van der Waals surface area contributed by atoms with E-state index in [-0.39, 0.29) is 17.5 Å². The van der Waals surface area contributed by atoms with Gasteiger partial charge in [-0.15, -0.1) is 0 Å². The molecule has 0 aliphatic carbocycles. The molecule has 1 aromatic heterocycles. The minimum Gasteiger partial charge on any atom is -0.485 e. The molecule has 3 rings (SSSR count). The third-order valence-electron chi connectivity index (χ3n) is 3.18. The Bertz CT molecular complexity index is 765. The number of benzene rings is 1. The van der Waals surface area contributed by atoms with E-state index in [0.29, 0.717) is 16.5 Å². The van der Waals surface area contributed by atoms with Crippen molar-refractivity contribution in [3.05, 3.63) is 47.7 Å². The first-order valence-electron chi connectivity index (χ1n) is 6.38. The maximum atomic E-state index is 12.8. The van der Waals surface area contributed by atoms with Gasteiger partial charge in [0.15, 0.2) is 5.75 Å². The van der Waals surface area contributed by atoms with Gasteiger partial charge in [0.25, 0.3) is 10.0 Å². The van der Waals surface area contributed by atoms with Crippen LogP contribution < -0.4 is 9.04 Å². The summed E-state index contributed by atoms with van der Waals surface area (Å²) in [6, 6.07) is 8.17. The Kier molecular flexibility index (Phi) is 3.51. The van der Waals surface area contributed by atoms with E-state index in [9.17, 15) is 8.42 Å². The lowest BCUT2D eigenvalue weighted by Crippen LogP contribution is -2.42. The number of anilines is 1. The van der Waals surface area contributed by atoms with Crippen molar-refractivity contribution >= 4 is 27.3 Å². The largest absolute Gasteiger partial charge is 0.485 e. The van der Waals surface area contributed by atoms with Crippen LogP contribution in [0.4, 0.5) is 5.69 Å². The fourth-order valence-electron chi connectivity index (χ4n) is 2.24. The molecule has 0 saturated heterocycles. The quantitative estimate of drug-likeness (QED) is 0.852. The molecule has 0 bridgehead atoms. The fourth-order valence-corrected chi connectivity index (χ4v) is 3.96. The average Bonchev–Trinajstić information content (AvgIpc) is 2.48. The van der Waals surface area contributed by atoms with E-state index in [1.807, 2.05) is 0 Å². The molecule has 110 valence electrons. The molecule has 2 heterocycles. The van der Waals surface area contributed by atoms with Gasteiger partial charge >= 0.3 is 0 Å². The van der Waals surface area contributed by atoms with Gasteiger partial charge in [-0.25, -0.2) is 8.42 Å². The van der Waals surface area contributed by atoms with E-state index >= 15 is 0 Å². The molecule has 0 saturated carbocycles. The number of ether oxygens (including phenoxy) is 1.